The SMILES string of the molecule is c1ccc(-c2nc3ccccc3c3c2cc(-n2c4ccccc4c4cc(-c5ccc6c(c5)c5ccccc5n6-c5ccccc5)ccc42)c2sc4ccccc4c23)cc1. The van der Waals surface area contributed by atoms with Gasteiger partial charge < -0.3 is 9.13 Å². The van der Waals surface area contributed by atoms with E-state index in [1.54, 1.807) is 0 Å². The van der Waals surface area contributed by atoms with E-state index in [0.717, 1.165) is 22.2 Å². The standard InChI is InChI=1S/C55H33N3S/c1-3-15-34(16-4-1)54-44-33-50(55-53(41-22-10-14-26-51(41)59-55)52(44)40-21-7-11-23-45(40)56-54)58-47-25-13-9-20-39(47)43-32-36(28-30-49(43)58)35-27-29-48-42(31-35)38-19-8-12-24-46(38)57(48)37-17-5-2-6-18-37/h1-33H. The molecule has 3 nitrogen and oxygen atoms in total. The molecule has 4 heteroatoms. The van der Waals surface area contributed by atoms with Crippen molar-refractivity contribution >= 4 is 96.8 Å². The molecule has 0 spiro atoms. The molecule has 0 saturated heterocycles. The van der Waals surface area contributed by atoms with Gasteiger partial charge in [0, 0.05) is 64.4 Å². The van der Waals surface area contributed by atoms with Crippen molar-refractivity contribution < 1.29 is 0 Å². The average molecular weight is 768 g/mol. The minimum atomic E-state index is 1.00. The van der Waals surface area contributed by atoms with Crippen molar-refractivity contribution in [1.82, 2.24) is 14.1 Å². The number of nitrogens with zero attached hydrogens (tertiary/aromatic N) is 3. The third kappa shape index (κ3) is 4.72. The number of para-hydroxylation sites is 4. The number of thiophene rings is 1. The van der Waals surface area contributed by atoms with Gasteiger partial charge in [0.05, 0.1) is 43.7 Å². The van der Waals surface area contributed by atoms with E-state index in [-0.39, 0.29) is 0 Å². The molecule has 0 aliphatic heterocycles. The molecule has 0 amide bonds. The number of pyridine rings is 1. The van der Waals surface area contributed by atoms with E-state index in [0.29, 0.717) is 0 Å². The molecule has 4 heterocycles. The van der Waals surface area contributed by atoms with Crippen LogP contribution in [0.5, 0.6) is 0 Å². The van der Waals surface area contributed by atoms with Crippen LogP contribution in [0.1, 0.15) is 0 Å². The Balaban J connectivity index is 1.09. The fourth-order valence-corrected chi connectivity index (χ4v) is 10.9. The van der Waals surface area contributed by atoms with Gasteiger partial charge in [-0.15, -0.1) is 11.3 Å². The summed E-state index contributed by atoms with van der Waals surface area (Å²) in [5.41, 5.74) is 12.7. The van der Waals surface area contributed by atoms with Crippen LogP contribution in [-0.2, 0) is 0 Å². The fraction of sp³-hybridized carbons (Fsp3) is 0. The second kappa shape index (κ2) is 12.5. The summed E-state index contributed by atoms with van der Waals surface area (Å²) in [7, 11) is 0. The molecule has 0 fully saturated rings. The average Bonchev–Trinajstić information content (AvgIpc) is 3.97. The molecular formula is C55H33N3S. The van der Waals surface area contributed by atoms with E-state index < -0.39 is 0 Å². The minimum absolute atomic E-state index is 1.00. The van der Waals surface area contributed by atoms with Crippen molar-refractivity contribution in [1.29, 1.82) is 0 Å². The summed E-state index contributed by atoms with van der Waals surface area (Å²) in [6.07, 6.45) is 0. The monoisotopic (exact) mass is 767 g/mol. The van der Waals surface area contributed by atoms with Gasteiger partial charge >= 0.3 is 0 Å². The lowest BCUT2D eigenvalue weighted by Gasteiger charge is -2.16. The summed E-state index contributed by atoms with van der Waals surface area (Å²) in [5.74, 6) is 0. The van der Waals surface area contributed by atoms with Crippen molar-refractivity contribution in [2.75, 3.05) is 0 Å². The summed E-state index contributed by atoms with van der Waals surface area (Å²) in [4.78, 5) is 5.39. The molecule has 0 unspecified atom stereocenters. The lowest BCUT2D eigenvalue weighted by atomic mass is 9.95. The molecule has 0 N–H and O–H groups in total. The van der Waals surface area contributed by atoms with Gasteiger partial charge in [-0.05, 0) is 77.9 Å². The lowest BCUT2D eigenvalue weighted by molar-refractivity contribution is 1.18. The summed E-state index contributed by atoms with van der Waals surface area (Å²) in [6.45, 7) is 0. The van der Waals surface area contributed by atoms with Crippen LogP contribution >= 0.6 is 11.3 Å². The van der Waals surface area contributed by atoms with Gasteiger partial charge in [0.25, 0.3) is 0 Å². The molecule has 4 aromatic heterocycles. The van der Waals surface area contributed by atoms with Crippen LogP contribution < -0.4 is 0 Å². The number of aromatic nitrogens is 3. The van der Waals surface area contributed by atoms with E-state index in [1.807, 2.05) is 11.3 Å². The highest BCUT2D eigenvalue weighted by atomic mass is 32.1. The molecule has 13 rings (SSSR count). The molecule has 13 aromatic rings. The summed E-state index contributed by atoms with van der Waals surface area (Å²) >= 11 is 1.89. The Morgan fingerprint density at radius 3 is 1.61 bits per heavy atom. The molecule has 0 atom stereocenters. The molecule has 0 aliphatic carbocycles. The highest BCUT2D eigenvalue weighted by Crippen LogP contribution is 2.48. The summed E-state index contributed by atoms with van der Waals surface area (Å²) < 4.78 is 7.45. The minimum Gasteiger partial charge on any atom is -0.309 e. The van der Waals surface area contributed by atoms with Crippen LogP contribution in [-0.4, -0.2) is 14.1 Å². The van der Waals surface area contributed by atoms with Crippen LogP contribution in [0.25, 0.3) is 119 Å². The van der Waals surface area contributed by atoms with E-state index in [1.165, 1.54) is 97.1 Å². The Morgan fingerprint density at radius 2 is 0.898 bits per heavy atom. The molecule has 0 aliphatic rings. The first-order valence-corrected chi connectivity index (χ1v) is 20.9. The first kappa shape index (κ1) is 32.5. The summed E-state index contributed by atoms with van der Waals surface area (Å²) in [6, 6.07) is 72.9. The van der Waals surface area contributed by atoms with E-state index >= 15 is 0 Å². The molecule has 9 aromatic carbocycles. The van der Waals surface area contributed by atoms with Crippen molar-refractivity contribution in [3.05, 3.63) is 200 Å². The first-order valence-electron chi connectivity index (χ1n) is 20.1. The number of rotatable bonds is 4. The Hall–Kier alpha value is -7.53. The van der Waals surface area contributed by atoms with Crippen molar-refractivity contribution in [3.8, 4) is 33.8 Å². The van der Waals surface area contributed by atoms with E-state index in [4.69, 9.17) is 4.98 Å². The van der Waals surface area contributed by atoms with Gasteiger partial charge in [-0.3, -0.25) is 0 Å². The number of fused-ring (bicyclic) bond motifs is 13. The highest BCUT2D eigenvalue weighted by Gasteiger charge is 2.23. The molecule has 274 valence electrons. The largest absolute Gasteiger partial charge is 0.309 e. The Bertz CT molecular complexity index is 3830. The maximum absolute atomic E-state index is 5.39. The van der Waals surface area contributed by atoms with E-state index in [2.05, 4.69) is 209 Å². The predicted octanol–water partition coefficient (Wildman–Crippen LogP) is 15.3. The second-order valence-corrected chi connectivity index (χ2v) is 16.5. The Kier molecular flexibility index (Phi) is 6.89. The Morgan fingerprint density at radius 1 is 0.356 bits per heavy atom. The van der Waals surface area contributed by atoms with Crippen molar-refractivity contribution in [3.63, 3.8) is 0 Å². The maximum atomic E-state index is 5.39. The van der Waals surface area contributed by atoms with Crippen LogP contribution in [0, 0.1) is 0 Å². The van der Waals surface area contributed by atoms with Crippen LogP contribution in [0.4, 0.5) is 0 Å². The van der Waals surface area contributed by atoms with Gasteiger partial charge in [0.15, 0.2) is 0 Å². The zero-order chi connectivity index (χ0) is 38.6. The zero-order valence-corrected chi connectivity index (χ0v) is 32.6. The van der Waals surface area contributed by atoms with Crippen LogP contribution in [0.2, 0.25) is 0 Å². The number of hydrogen-bond donors (Lipinski definition) is 0. The summed E-state index contributed by atoms with van der Waals surface area (Å²) in [5, 5.41) is 11.2. The highest BCUT2D eigenvalue weighted by molar-refractivity contribution is 7.26. The normalized spacial score (nSPS) is 12.1. The van der Waals surface area contributed by atoms with Gasteiger partial charge in [0.1, 0.15) is 0 Å². The number of hydrogen-bond acceptors (Lipinski definition) is 2. The van der Waals surface area contributed by atoms with Gasteiger partial charge in [-0.25, -0.2) is 4.98 Å². The van der Waals surface area contributed by atoms with Crippen LogP contribution in [0.15, 0.2) is 200 Å². The third-order valence-corrected chi connectivity index (χ3v) is 13.5. The zero-order valence-electron chi connectivity index (χ0n) is 31.8. The molecule has 59 heavy (non-hydrogen) atoms. The van der Waals surface area contributed by atoms with Gasteiger partial charge in [-0.1, -0.05) is 133 Å². The quantitative estimate of drug-likeness (QED) is 0.164. The molecular weight excluding hydrogens is 735 g/mol. The maximum Gasteiger partial charge on any atom is 0.0789 e. The smallest absolute Gasteiger partial charge is 0.0789 e. The Labute approximate surface area is 343 Å². The molecule has 0 radical (unpaired) electrons. The van der Waals surface area contributed by atoms with Crippen LogP contribution in [0.3, 0.4) is 0 Å². The fourth-order valence-electron chi connectivity index (χ4n) is 9.71. The third-order valence-electron chi connectivity index (χ3n) is 12.3. The second-order valence-electron chi connectivity index (χ2n) is 15.5. The molecule has 0 bridgehead atoms. The lowest BCUT2D eigenvalue weighted by Crippen LogP contribution is -1.97. The van der Waals surface area contributed by atoms with Gasteiger partial charge in [-0.2, -0.15) is 0 Å². The van der Waals surface area contributed by atoms with Crippen molar-refractivity contribution in [2.45, 2.75) is 0 Å². The molecule has 0 saturated carbocycles. The number of benzene rings is 9. The predicted molar refractivity (Wildman–Crippen MR) is 252 cm³/mol. The topological polar surface area (TPSA) is 22.8 Å². The van der Waals surface area contributed by atoms with Crippen molar-refractivity contribution in [2.24, 2.45) is 0 Å². The first-order chi connectivity index (χ1) is 29.3. The van der Waals surface area contributed by atoms with E-state index in [9.17, 15) is 0 Å². The van der Waals surface area contributed by atoms with Gasteiger partial charge in [0.2, 0.25) is 0 Å².